The Hall–Kier alpha value is -3.53. The van der Waals surface area contributed by atoms with Crippen molar-refractivity contribution in [2.75, 3.05) is 10.0 Å². The van der Waals surface area contributed by atoms with Crippen LogP contribution in [0.2, 0.25) is 0 Å². The van der Waals surface area contributed by atoms with Crippen LogP contribution in [0, 0.1) is 0 Å². The molecule has 9 nitrogen and oxygen atoms in total. The van der Waals surface area contributed by atoms with Crippen molar-refractivity contribution in [1.29, 1.82) is 0 Å². The van der Waals surface area contributed by atoms with Gasteiger partial charge in [0.1, 0.15) is 5.58 Å². The van der Waals surface area contributed by atoms with E-state index in [-0.39, 0.29) is 22.3 Å². The first-order valence-electron chi connectivity index (χ1n) is 11.3. The third-order valence-electron chi connectivity index (χ3n) is 6.56. The lowest BCUT2D eigenvalue weighted by Crippen LogP contribution is -2.26. The predicted molar refractivity (Wildman–Crippen MR) is 132 cm³/mol. The number of aryl methyl sites for hydroxylation is 2. The van der Waals surface area contributed by atoms with Crippen molar-refractivity contribution in [1.82, 2.24) is 9.13 Å². The van der Waals surface area contributed by atoms with Crippen molar-refractivity contribution in [2.45, 2.75) is 43.0 Å². The Morgan fingerprint density at radius 3 is 2.38 bits per heavy atom. The molecule has 178 valence electrons. The third kappa shape index (κ3) is 3.77. The monoisotopic (exact) mass is 482 g/mol. The van der Waals surface area contributed by atoms with Crippen LogP contribution in [0.5, 0.6) is 0 Å². The summed E-state index contributed by atoms with van der Waals surface area (Å²) < 4.78 is 37.5. The Morgan fingerprint density at radius 1 is 0.912 bits per heavy atom. The molecular formula is C24H26N4O5S. The molecule has 5 rings (SSSR count). The van der Waals surface area contributed by atoms with Gasteiger partial charge in [-0.25, -0.2) is 18.0 Å². The summed E-state index contributed by atoms with van der Waals surface area (Å²) in [6.07, 6.45) is 5.21. The molecule has 2 heterocycles. The van der Waals surface area contributed by atoms with Gasteiger partial charge in [-0.15, -0.1) is 0 Å². The Kier molecular flexibility index (Phi) is 5.47. The second kappa shape index (κ2) is 8.35. The van der Waals surface area contributed by atoms with Crippen LogP contribution >= 0.6 is 0 Å². The normalized spacial score (nSPS) is 15.1. The third-order valence-corrected chi connectivity index (χ3v) is 7.90. The molecule has 0 amide bonds. The predicted octanol–water partition coefficient (Wildman–Crippen LogP) is 3.53. The summed E-state index contributed by atoms with van der Waals surface area (Å²) in [7, 11) is -0.947. The second-order valence-electron chi connectivity index (χ2n) is 8.77. The Bertz CT molecular complexity index is 1630. The molecule has 2 aromatic heterocycles. The van der Waals surface area contributed by atoms with E-state index in [0.29, 0.717) is 27.7 Å². The van der Waals surface area contributed by atoms with Crippen molar-refractivity contribution in [2.24, 2.45) is 14.1 Å². The molecule has 0 radical (unpaired) electrons. The number of imidazole rings is 1. The van der Waals surface area contributed by atoms with E-state index in [1.54, 1.807) is 38.4 Å². The van der Waals surface area contributed by atoms with E-state index in [0.717, 1.165) is 25.7 Å². The zero-order chi connectivity index (χ0) is 24.0. The van der Waals surface area contributed by atoms with Crippen LogP contribution in [0.1, 0.15) is 32.1 Å². The minimum atomic E-state index is -4.15. The van der Waals surface area contributed by atoms with Crippen molar-refractivity contribution >= 4 is 43.4 Å². The van der Waals surface area contributed by atoms with Crippen molar-refractivity contribution in [3.05, 3.63) is 63.4 Å². The van der Waals surface area contributed by atoms with Crippen molar-refractivity contribution in [3.63, 3.8) is 0 Å². The summed E-state index contributed by atoms with van der Waals surface area (Å²) in [5.41, 5.74) is 0.717. The summed E-state index contributed by atoms with van der Waals surface area (Å²) >= 11 is 0. The van der Waals surface area contributed by atoms with Gasteiger partial charge in [0.05, 0.1) is 21.6 Å². The first-order valence-corrected chi connectivity index (χ1v) is 12.8. The Balaban J connectivity index is 1.61. The average Bonchev–Trinajstić information content (AvgIpc) is 3.05. The molecule has 0 bridgehead atoms. The van der Waals surface area contributed by atoms with Crippen LogP contribution in [0.4, 0.5) is 11.4 Å². The van der Waals surface area contributed by atoms with E-state index in [9.17, 15) is 18.0 Å². The van der Waals surface area contributed by atoms with E-state index in [2.05, 4.69) is 10.0 Å². The Labute approximate surface area is 196 Å². The highest BCUT2D eigenvalue weighted by atomic mass is 32.2. The zero-order valence-corrected chi connectivity index (χ0v) is 19.8. The number of anilines is 2. The lowest BCUT2D eigenvalue weighted by Gasteiger charge is -2.25. The first kappa shape index (κ1) is 22.3. The molecule has 34 heavy (non-hydrogen) atoms. The zero-order valence-electron chi connectivity index (χ0n) is 19.0. The first-order chi connectivity index (χ1) is 16.3. The van der Waals surface area contributed by atoms with Gasteiger partial charge in [0, 0.05) is 25.5 Å². The summed E-state index contributed by atoms with van der Waals surface area (Å²) in [5.74, 6) is 0. The number of nitrogens with one attached hydrogen (secondary N) is 2. The topological polar surface area (TPSA) is 115 Å². The maximum Gasteiger partial charge on any atom is 0.363 e. The molecule has 0 atom stereocenters. The van der Waals surface area contributed by atoms with Crippen LogP contribution in [0.3, 0.4) is 0 Å². The maximum atomic E-state index is 13.4. The number of benzene rings is 2. The van der Waals surface area contributed by atoms with Gasteiger partial charge in [-0.3, -0.25) is 13.9 Å². The van der Waals surface area contributed by atoms with Crippen LogP contribution in [0.25, 0.3) is 22.0 Å². The van der Waals surface area contributed by atoms with Crippen LogP contribution < -0.4 is 21.4 Å². The molecule has 4 aromatic rings. The second-order valence-corrected chi connectivity index (χ2v) is 10.5. The summed E-state index contributed by atoms with van der Waals surface area (Å²) in [5, 5.41) is 4.05. The van der Waals surface area contributed by atoms with Crippen molar-refractivity contribution < 1.29 is 12.8 Å². The van der Waals surface area contributed by atoms with E-state index in [1.165, 1.54) is 27.7 Å². The van der Waals surface area contributed by atoms with Gasteiger partial charge in [0.25, 0.3) is 10.0 Å². The molecule has 2 aromatic carbocycles. The standard InChI is InChI=1S/C24H26N4O5S/c1-27-18-13-12-16(14-19(18)28(2)24(27)30)34(31,32)26-22-21(25-15-8-4-3-5-9-15)17-10-6-7-11-20(17)33-23(22)29/h6-7,10-15,25-26H,3-5,8-9H2,1-2H3. The molecule has 0 unspecified atom stereocenters. The lowest BCUT2D eigenvalue weighted by atomic mass is 9.95. The van der Waals surface area contributed by atoms with E-state index >= 15 is 0 Å². The van der Waals surface area contributed by atoms with E-state index in [4.69, 9.17) is 4.42 Å². The van der Waals surface area contributed by atoms with Gasteiger partial charge in [-0.05, 0) is 43.2 Å². The number of rotatable bonds is 5. The molecule has 1 fully saturated rings. The average molecular weight is 483 g/mol. The quantitative estimate of drug-likeness (QED) is 0.421. The van der Waals surface area contributed by atoms with Gasteiger partial charge in [0.15, 0.2) is 5.69 Å². The van der Waals surface area contributed by atoms with Gasteiger partial charge in [-0.1, -0.05) is 31.4 Å². The number of hydrogen-bond acceptors (Lipinski definition) is 6. The molecule has 1 aliphatic carbocycles. The van der Waals surface area contributed by atoms with Crippen molar-refractivity contribution in [3.8, 4) is 0 Å². The van der Waals surface area contributed by atoms with Crippen LogP contribution in [-0.4, -0.2) is 23.6 Å². The van der Waals surface area contributed by atoms with Gasteiger partial charge < -0.3 is 9.73 Å². The fraction of sp³-hybridized carbons (Fsp3) is 0.333. The van der Waals surface area contributed by atoms with Crippen LogP contribution in [0.15, 0.2) is 61.4 Å². The van der Waals surface area contributed by atoms with Gasteiger partial charge >= 0.3 is 11.3 Å². The molecule has 10 heteroatoms. The minimum Gasteiger partial charge on any atom is -0.421 e. The molecular weight excluding hydrogens is 456 g/mol. The van der Waals surface area contributed by atoms with E-state index in [1.807, 2.05) is 6.07 Å². The highest BCUT2D eigenvalue weighted by Crippen LogP contribution is 2.33. The molecule has 2 N–H and O–H groups in total. The number of fused-ring (bicyclic) bond motifs is 2. The highest BCUT2D eigenvalue weighted by molar-refractivity contribution is 7.92. The summed E-state index contributed by atoms with van der Waals surface area (Å²) in [6.45, 7) is 0. The summed E-state index contributed by atoms with van der Waals surface area (Å²) in [4.78, 5) is 25.1. The number of nitrogens with zero attached hydrogens (tertiary/aromatic N) is 2. The van der Waals surface area contributed by atoms with E-state index < -0.39 is 15.6 Å². The van der Waals surface area contributed by atoms with Gasteiger partial charge in [0.2, 0.25) is 0 Å². The highest BCUT2D eigenvalue weighted by Gasteiger charge is 2.25. The SMILES string of the molecule is Cn1c(=O)n(C)c2cc(S(=O)(=O)Nc3c(NC4CCCCC4)c4ccccc4oc3=O)ccc21. The number of hydrogen-bond donors (Lipinski definition) is 2. The van der Waals surface area contributed by atoms with Gasteiger partial charge in [-0.2, -0.15) is 0 Å². The minimum absolute atomic E-state index is 0.0580. The smallest absolute Gasteiger partial charge is 0.363 e. The molecule has 1 saturated carbocycles. The molecule has 1 aliphatic rings. The largest absolute Gasteiger partial charge is 0.421 e. The number of sulfonamides is 1. The Morgan fingerprint density at radius 2 is 1.62 bits per heavy atom. The maximum absolute atomic E-state index is 13.4. The fourth-order valence-electron chi connectivity index (χ4n) is 4.69. The molecule has 0 saturated heterocycles. The summed E-state index contributed by atoms with van der Waals surface area (Å²) in [6, 6.07) is 11.6. The molecule has 0 aliphatic heterocycles. The fourth-order valence-corrected chi connectivity index (χ4v) is 5.78. The van der Waals surface area contributed by atoms with Crippen LogP contribution in [-0.2, 0) is 24.1 Å². The lowest BCUT2D eigenvalue weighted by molar-refractivity contribution is 0.462. The molecule has 0 spiro atoms. The number of para-hydroxylation sites is 1. The number of aromatic nitrogens is 2.